The van der Waals surface area contributed by atoms with Gasteiger partial charge in [-0.25, -0.2) is 8.78 Å². The summed E-state index contributed by atoms with van der Waals surface area (Å²) in [6, 6.07) is 3.32. The van der Waals surface area contributed by atoms with Gasteiger partial charge in [-0.05, 0) is 25.6 Å². The number of carbonyl (C=O) groups is 1. The Morgan fingerprint density at radius 1 is 1.35 bits per heavy atom. The topological polar surface area (TPSA) is 41.1 Å². The smallest absolute Gasteiger partial charge is 0.225 e. The summed E-state index contributed by atoms with van der Waals surface area (Å²) < 4.78 is 25.5. The molecule has 94 valence electrons. The normalized spacial score (nSPS) is 12.2. The highest BCUT2D eigenvalue weighted by atomic mass is 19.2. The molecule has 0 aromatic heterocycles. The second-order valence-corrected chi connectivity index (χ2v) is 3.84. The molecule has 0 aliphatic rings. The number of amides is 1. The molecule has 3 nitrogen and oxygen atoms in total. The first-order valence-electron chi connectivity index (χ1n) is 5.51. The van der Waals surface area contributed by atoms with E-state index in [9.17, 15) is 13.6 Å². The number of halogens is 2. The van der Waals surface area contributed by atoms with Crippen molar-refractivity contribution in [3.8, 4) is 0 Å². The minimum Gasteiger partial charge on any atom is -0.326 e. The van der Waals surface area contributed by atoms with Crippen LogP contribution < -0.4 is 10.6 Å². The Balaban J connectivity index is 2.53. The maximum absolute atomic E-state index is 12.9. The van der Waals surface area contributed by atoms with Crippen molar-refractivity contribution in [1.29, 1.82) is 0 Å². The fourth-order valence-corrected chi connectivity index (χ4v) is 1.48. The van der Waals surface area contributed by atoms with Gasteiger partial charge in [0, 0.05) is 24.2 Å². The van der Waals surface area contributed by atoms with Crippen LogP contribution in [0.25, 0.3) is 0 Å². The van der Waals surface area contributed by atoms with Gasteiger partial charge in [0.15, 0.2) is 11.6 Å². The van der Waals surface area contributed by atoms with E-state index in [1.165, 1.54) is 6.07 Å². The van der Waals surface area contributed by atoms with E-state index >= 15 is 0 Å². The van der Waals surface area contributed by atoms with Crippen LogP contribution in [0.2, 0.25) is 0 Å². The van der Waals surface area contributed by atoms with Gasteiger partial charge in [0.1, 0.15) is 0 Å². The molecule has 0 bridgehead atoms. The molecule has 5 heteroatoms. The van der Waals surface area contributed by atoms with Crippen molar-refractivity contribution in [2.45, 2.75) is 26.3 Å². The first kappa shape index (κ1) is 13.6. The molecule has 17 heavy (non-hydrogen) atoms. The van der Waals surface area contributed by atoms with E-state index in [1.54, 1.807) is 0 Å². The Hall–Kier alpha value is -1.49. The van der Waals surface area contributed by atoms with Crippen molar-refractivity contribution in [3.05, 3.63) is 29.8 Å². The molecule has 0 fully saturated rings. The summed E-state index contributed by atoms with van der Waals surface area (Å²) in [6.07, 6.45) is 0.285. The molecular weight excluding hydrogens is 226 g/mol. The van der Waals surface area contributed by atoms with E-state index in [4.69, 9.17) is 0 Å². The van der Waals surface area contributed by atoms with Crippen molar-refractivity contribution < 1.29 is 13.6 Å². The van der Waals surface area contributed by atoms with E-state index < -0.39 is 11.6 Å². The van der Waals surface area contributed by atoms with E-state index in [-0.39, 0.29) is 24.1 Å². The lowest BCUT2D eigenvalue weighted by molar-refractivity contribution is -0.116. The Morgan fingerprint density at radius 2 is 2.06 bits per heavy atom. The Bertz CT molecular complexity index is 396. The number of anilines is 1. The van der Waals surface area contributed by atoms with Crippen molar-refractivity contribution in [3.63, 3.8) is 0 Å². The van der Waals surface area contributed by atoms with Crippen LogP contribution in [0.3, 0.4) is 0 Å². The number of hydrogen-bond donors (Lipinski definition) is 2. The zero-order valence-electron chi connectivity index (χ0n) is 9.89. The molecule has 1 aromatic rings. The highest BCUT2D eigenvalue weighted by Gasteiger charge is 2.09. The molecule has 1 amide bonds. The fraction of sp³-hybridized carbons (Fsp3) is 0.417. The second-order valence-electron chi connectivity index (χ2n) is 3.84. The Labute approximate surface area is 99.2 Å². The standard InChI is InChI=1S/C12H16F2N2O/c1-3-15-8(2)6-12(17)16-9-4-5-10(13)11(14)7-9/h4-5,7-8,15H,3,6H2,1-2H3,(H,16,17). The monoisotopic (exact) mass is 242 g/mol. The van der Waals surface area contributed by atoms with Gasteiger partial charge in [-0.15, -0.1) is 0 Å². The zero-order chi connectivity index (χ0) is 12.8. The Kier molecular flexibility index (Phi) is 5.03. The molecule has 1 unspecified atom stereocenters. The van der Waals surface area contributed by atoms with E-state index in [2.05, 4.69) is 10.6 Å². The largest absolute Gasteiger partial charge is 0.326 e. The fourth-order valence-electron chi connectivity index (χ4n) is 1.48. The number of nitrogens with one attached hydrogen (secondary N) is 2. The third kappa shape index (κ3) is 4.48. The zero-order valence-corrected chi connectivity index (χ0v) is 9.89. The molecule has 1 atom stereocenters. The van der Waals surface area contributed by atoms with Gasteiger partial charge in [-0.1, -0.05) is 6.92 Å². The molecule has 1 aromatic carbocycles. The molecule has 0 aliphatic carbocycles. The van der Waals surface area contributed by atoms with Crippen molar-refractivity contribution in [1.82, 2.24) is 5.32 Å². The van der Waals surface area contributed by atoms with Gasteiger partial charge in [0.25, 0.3) is 0 Å². The summed E-state index contributed by atoms with van der Waals surface area (Å²) >= 11 is 0. The summed E-state index contributed by atoms with van der Waals surface area (Å²) in [6.45, 7) is 4.61. The van der Waals surface area contributed by atoms with E-state index in [0.29, 0.717) is 0 Å². The summed E-state index contributed by atoms with van der Waals surface area (Å²) in [5, 5.41) is 5.60. The summed E-state index contributed by atoms with van der Waals surface area (Å²) in [7, 11) is 0. The first-order chi connectivity index (χ1) is 8.02. The van der Waals surface area contributed by atoms with Gasteiger partial charge in [0.05, 0.1) is 0 Å². The number of benzene rings is 1. The van der Waals surface area contributed by atoms with Gasteiger partial charge in [-0.2, -0.15) is 0 Å². The molecule has 1 rings (SSSR count). The molecule has 0 saturated heterocycles. The van der Waals surface area contributed by atoms with E-state index in [1.807, 2.05) is 13.8 Å². The summed E-state index contributed by atoms with van der Waals surface area (Å²) in [5.74, 6) is -2.13. The predicted octanol–water partition coefficient (Wildman–Crippen LogP) is 2.29. The number of rotatable bonds is 5. The molecule has 2 N–H and O–H groups in total. The number of carbonyl (C=O) groups excluding carboxylic acids is 1. The lowest BCUT2D eigenvalue weighted by Crippen LogP contribution is -2.30. The molecular formula is C12H16F2N2O. The summed E-state index contributed by atoms with van der Waals surface area (Å²) in [4.78, 5) is 11.5. The lowest BCUT2D eigenvalue weighted by atomic mass is 10.2. The lowest BCUT2D eigenvalue weighted by Gasteiger charge is -2.12. The van der Waals surface area contributed by atoms with Crippen LogP contribution in [0.5, 0.6) is 0 Å². The van der Waals surface area contributed by atoms with Crippen molar-refractivity contribution in [2.24, 2.45) is 0 Å². The van der Waals surface area contributed by atoms with E-state index in [0.717, 1.165) is 18.7 Å². The minimum absolute atomic E-state index is 0.0466. The van der Waals surface area contributed by atoms with Crippen LogP contribution in [0.1, 0.15) is 20.3 Å². The average Bonchev–Trinajstić information content (AvgIpc) is 2.23. The van der Waals surface area contributed by atoms with Gasteiger partial charge >= 0.3 is 0 Å². The number of hydrogen-bond acceptors (Lipinski definition) is 2. The molecule has 0 saturated carbocycles. The van der Waals surface area contributed by atoms with Crippen molar-refractivity contribution in [2.75, 3.05) is 11.9 Å². The van der Waals surface area contributed by atoms with Gasteiger partial charge in [-0.3, -0.25) is 4.79 Å². The predicted molar refractivity (Wildman–Crippen MR) is 62.7 cm³/mol. The Morgan fingerprint density at radius 3 is 2.65 bits per heavy atom. The van der Waals surface area contributed by atoms with Crippen LogP contribution in [-0.4, -0.2) is 18.5 Å². The highest BCUT2D eigenvalue weighted by Crippen LogP contribution is 2.13. The maximum atomic E-state index is 12.9. The van der Waals surface area contributed by atoms with Gasteiger partial charge < -0.3 is 10.6 Å². The second kappa shape index (κ2) is 6.30. The SMILES string of the molecule is CCNC(C)CC(=O)Nc1ccc(F)c(F)c1. The minimum atomic E-state index is -0.970. The molecule has 0 aliphatic heterocycles. The van der Waals surface area contributed by atoms with Crippen LogP contribution in [0, 0.1) is 11.6 Å². The van der Waals surface area contributed by atoms with Crippen LogP contribution in [-0.2, 0) is 4.79 Å². The van der Waals surface area contributed by atoms with Crippen LogP contribution in [0.4, 0.5) is 14.5 Å². The average molecular weight is 242 g/mol. The maximum Gasteiger partial charge on any atom is 0.225 e. The third-order valence-electron chi connectivity index (χ3n) is 2.25. The third-order valence-corrected chi connectivity index (χ3v) is 2.25. The summed E-state index contributed by atoms with van der Waals surface area (Å²) in [5.41, 5.74) is 0.262. The molecule has 0 spiro atoms. The van der Waals surface area contributed by atoms with Crippen molar-refractivity contribution >= 4 is 11.6 Å². The quantitative estimate of drug-likeness (QED) is 0.831. The molecule has 0 heterocycles. The molecule has 0 radical (unpaired) electrons. The highest BCUT2D eigenvalue weighted by molar-refractivity contribution is 5.91. The van der Waals surface area contributed by atoms with Gasteiger partial charge in [0.2, 0.25) is 5.91 Å². The first-order valence-corrected chi connectivity index (χ1v) is 5.51. The van der Waals surface area contributed by atoms with Crippen LogP contribution in [0.15, 0.2) is 18.2 Å². The van der Waals surface area contributed by atoms with Crippen LogP contribution >= 0.6 is 0 Å².